The topological polar surface area (TPSA) is 47.9 Å². The minimum Gasteiger partial charge on any atom is -0.362 e. The third-order valence-corrected chi connectivity index (χ3v) is 6.42. The fourth-order valence-electron chi connectivity index (χ4n) is 2.41. The summed E-state index contributed by atoms with van der Waals surface area (Å²) in [4.78, 5) is 0. The molecule has 2 rings (SSSR count). The van der Waals surface area contributed by atoms with Crippen LogP contribution in [0.1, 0.15) is 20.3 Å². The van der Waals surface area contributed by atoms with E-state index in [-0.39, 0.29) is 22.9 Å². The van der Waals surface area contributed by atoms with Crippen molar-refractivity contribution in [3.63, 3.8) is 0 Å². The van der Waals surface area contributed by atoms with Crippen LogP contribution in [-0.2, 0) is 14.2 Å². The number of rotatable bonds is 4. The van der Waals surface area contributed by atoms with Crippen LogP contribution in [-0.4, -0.2) is 53.6 Å². The highest BCUT2D eigenvalue weighted by molar-refractivity contribution is 8.17. The highest BCUT2D eigenvalue weighted by atomic mass is 32.2. The van der Waals surface area contributed by atoms with Crippen LogP contribution >= 0.6 is 23.5 Å². The minimum atomic E-state index is -1.21. The van der Waals surface area contributed by atoms with E-state index < -0.39 is 5.79 Å². The molecule has 0 spiro atoms. The summed E-state index contributed by atoms with van der Waals surface area (Å²) < 4.78 is 16.4. The van der Waals surface area contributed by atoms with Crippen LogP contribution in [0.15, 0.2) is 0 Å². The highest BCUT2D eigenvalue weighted by Crippen LogP contribution is 2.49. The molecule has 2 heterocycles. The Labute approximate surface area is 117 Å². The Hall–Kier alpha value is 0.540. The number of hydrogen-bond acceptors (Lipinski definition) is 6. The standard InChI is InChI=1S/C12H22O4S2/c1-11(2)7-16-12(13,9(11)15-8-14-3)10-17-5-4-6-18-10/h9-10,13H,4-8H2,1-3H3. The summed E-state index contributed by atoms with van der Waals surface area (Å²) in [6.07, 6.45) is 0.836. The monoisotopic (exact) mass is 294 g/mol. The Morgan fingerprint density at radius 3 is 2.61 bits per heavy atom. The Kier molecular flexibility index (Phi) is 4.89. The average Bonchev–Trinajstić information content (AvgIpc) is 2.61. The second-order valence-corrected chi connectivity index (χ2v) is 8.13. The molecule has 0 aromatic carbocycles. The zero-order chi connectivity index (χ0) is 13.2. The summed E-state index contributed by atoms with van der Waals surface area (Å²) in [6, 6.07) is 0. The molecule has 6 heteroatoms. The second kappa shape index (κ2) is 5.89. The van der Waals surface area contributed by atoms with Crippen molar-refractivity contribution in [1.29, 1.82) is 0 Å². The summed E-state index contributed by atoms with van der Waals surface area (Å²) in [5.41, 5.74) is -0.203. The van der Waals surface area contributed by atoms with Crippen molar-refractivity contribution in [1.82, 2.24) is 0 Å². The van der Waals surface area contributed by atoms with Gasteiger partial charge in [0.15, 0.2) is 0 Å². The van der Waals surface area contributed by atoms with Gasteiger partial charge in [0.25, 0.3) is 0 Å². The molecule has 2 atom stereocenters. The van der Waals surface area contributed by atoms with Gasteiger partial charge >= 0.3 is 0 Å². The maximum Gasteiger partial charge on any atom is 0.214 e. The van der Waals surface area contributed by atoms with Gasteiger partial charge in [-0.1, -0.05) is 13.8 Å². The van der Waals surface area contributed by atoms with E-state index in [1.807, 2.05) is 0 Å². The van der Waals surface area contributed by atoms with Gasteiger partial charge in [-0.15, -0.1) is 23.5 Å². The fraction of sp³-hybridized carbons (Fsp3) is 1.00. The van der Waals surface area contributed by atoms with Crippen molar-refractivity contribution in [3.8, 4) is 0 Å². The lowest BCUT2D eigenvalue weighted by Gasteiger charge is -2.39. The Bertz CT molecular complexity index is 281. The van der Waals surface area contributed by atoms with Crippen molar-refractivity contribution < 1.29 is 19.3 Å². The quantitative estimate of drug-likeness (QED) is 0.799. The van der Waals surface area contributed by atoms with E-state index in [1.54, 1.807) is 30.6 Å². The van der Waals surface area contributed by atoms with Crippen molar-refractivity contribution in [3.05, 3.63) is 0 Å². The third kappa shape index (κ3) is 2.83. The molecule has 0 saturated carbocycles. The van der Waals surface area contributed by atoms with Crippen LogP contribution in [0, 0.1) is 5.41 Å². The fourth-order valence-corrected chi connectivity index (χ4v) is 5.47. The first-order valence-corrected chi connectivity index (χ1v) is 8.30. The number of ether oxygens (including phenoxy) is 3. The first-order chi connectivity index (χ1) is 8.50. The van der Waals surface area contributed by atoms with Gasteiger partial charge < -0.3 is 19.3 Å². The van der Waals surface area contributed by atoms with Crippen LogP contribution in [0.2, 0.25) is 0 Å². The lowest BCUT2D eigenvalue weighted by Crippen LogP contribution is -2.52. The predicted molar refractivity (Wildman–Crippen MR) is 74.8 cm³/mol. The zero-order valence-corrected chi connectivity index (χ0v) is 12.8. The molecule has 18 heavy (non-hydrogen) atoms. The molecular weight excluding hydrogens is 272 g/mol. The van der Waals surface area contributed by atoms with Crippen molar-refractivity contribution in [2.75, 3.05) is 32.0 Å². The molecule has 2 saturated heterocycles. The lowest BCUT2D eigenvalue weighted by molar-refractivity contribution is -0.234. The molecule has 0 bridgehead atoms. The number of methoxy groups -OCH3 is 1. The van der Waals surface area contributed by atoms with E-state index in [0.29, 0.717) is 6.61 Å². The van der Waals surface area contributed by atoms with Crippen molar-refractivity contribution >= 4 is 23.5 Å². The van der Waals surface area contributed by atoms with Crippen LogP contribution in [0.4, 0.5) is 0 Å². The predicted octanol–water partition coefficient (Wildman–Crippen LogP) is 1.92. The molecule has 0 aromatic rings. The molecule has 0 aromatic heterocycles. The van der Waals surface area contributed by atoms with E-state index in [4.69, 9.17) is 14.2 Å². The van der Waals surface area contributed by atoms with Gasteiger partial charge in [0.2, 0.25) is 5.79 Å². The van der Waals surface area contributed by atoms with Crippen molar-refractivity contribution in [2.24, 2.45) is 5.41 Å². The summed E-state index contributed by atoms with van der Waals surface area (Å²) in [5, 5.41) is 10.9. The van der Waals surface area contributed by atoms with Gasteiger partial charge in [0.1, 0.15) is 17.5 Å². The Balaban J connectivity index is 2.12. The maximum absolute atomic E-state index is 10.9. The van der Waals surface area contributed by atoms with Crippen LogP contribution in [0.5, 0.6) is 0 Å². The molecule has 2 aliphatic rings. The number of aliphatic hydroxyl groups is 1. The van der Waals surface area contributed by atoms with Gasteiger partial charge in [0.05, 0.1) is 6.61 Å². The average molecular weight is 294 g/mol. The van der Waals surface area contributed by atoms with Gasteiger partial charge in [0, 0.05) is 12.5 Å². The van der Waals surface area contributed by atoms with Gasteiger partial charge in [-0.3, -0.25) is 0 Å². The molecule has 0 radical (unpaired) electrons. The molecule has 0 amide bonds. The van der Waals surface area contributed by atoms with Crippen LogP contribution in [0.3, 0.4) is 0 Å². The van der Waals surface area contributed by atoms with Gasteiger partial charge in [-0.2, -0.15) is 0 Å². The molecule has 0 aliphatic carbocycles. The molecule has 2 unspecified atom stereocenters. The van der Waals surface area contributed by atoms with E-state index in [2.05, 4.69) is 13.8 Å². The Morgan fingerprint density at radius 2 is 2.00 bits per heavy atom. The smallest absolute Gasteiger partial charge is 0.214 e. The van der Waals surface area contributed by atoms with E-state index in [0.717, 1.165) is 11.5 Å². The summed E-state index contributed by atoms with van der Waals surface area (Å²) in [5.74, 6) is 0.930. The molecule has 1 N–H and O–H groups in total. The summed E-state index contributed by atoms with van der Waals surface area (Å²) in [7, 11) is 1.59. The van der Waals surface area contributed by atoms with E-state index in [9.17, 15) is 5.11 Å². The van der Waals surface area contributed by atoms with Gasteiger partial charge in [-0.05, 0) is 17.9 Å². The third-order valence-electron chi connectivity index (χ3n) is 3.28. The molecule has 2 fully saturated rings. The first kappa shape index (κ1) is 14.9. The van der Waals surface area contributed by atoms with Gasteiger partial charge in [-0.25, -0.2) is 0 Å². The molecule has 2 aliphatic heterocycles. The van der Waals surface area contributed by atoms with E-state index in [1.165, 1.54) is 6.42 Å². The number of hydrogen-bond donors (Lipinski definition) is 1. The maximum atomic E-state index is 10.9. The second-order valence-electron chi connectivity index (χ2n) is 5.41. The van der Waals surface area contributed by atoms with E-state index >= 15 is 0 Å². The Morgan fingerprint density at radius 1 is 1.33 bits per heavy atom. The minimum absolute atomic E-state index is 0.0230. The first-order valence-electron chi connectivity index (χ1n) is 6.21. The van der Waals surface area contributed by atoms with Crippen molar-refractivity contribution in [2.45, 2.75) is 36.7 Å². The molecule has 4 nitrogen and oxygen atoms in total. The van der Waals surface area contributed by atoms with Crippen LogP contribution in [0.25, 0.3) is 0 Å². The number of thioether (sulfide) groups is 2. The summed E-state index contributed by atoms with van der Waals surface area (Å²) in [6.45, 7) is 4.81. The molecular formula is C12H22O4S2. The zero-order valence-electron chi connectivity index (χ0n) is 11.2. The summed E-state index contributed by atoms with van der Waals surface area (Å²) >= 11 is 3.53. The normalized spacial score (nSPS) is 37.0. The largest absolute Gasteiger partial charge is 0.362 e. The molecule has 106 valence electrons. The van der Waals surface area contributed by atoms with Crippen LogP contribution < -0.4 is 0 Å². The SMILES string of the molecule is COCOC1C(C)(C)COC1(O)C1SCCCS1. The highest BCUT2D eigenvalue weighted by Gasteiger charge is 2.59. The lowest BCUT2D eigenvalue weighted by atomic mass is 9.86.